The van der Waals surface area contributed by atoms with Gasteiger partial charge in [0.2, 0.25) is 0 Å². The van der Waals surface area contributed by atoms with E-state index in [1.165, 1.54) is 37.1 Å². The maximum Gasteiger partial charge on any atom is 0.177 e. The highest BCUT2D eigenvalue weighted by atomic mass is 32.2. The van der Waals surface area contributed by atoms with Gasteiger partial charge >= 0.3 is 0 Å². The third kappa shape index (κ3) is 3.48. The lowest BCUT2D eigenvalue weighted by Crippen LogP contribution is -2.29. The molecule has 22 heavy (non-hydrogen) atoms. The standard InChI is InChI=1S/C16H19F2N3S/c1-10-4-2-3-5-14(10)19-16-21-20-15(9-22-16)12-8-11(17)6-7-13(12)18/h6-8,10,14H,2-5,9H2,1H3,(H,19,21)/t10-,14-/m1/s1. The van der Waals surface area contributed by atoms with Crippen LogP contribution in [0.5, 0.6) is 0 Å². The van der Waals surface area contributed by atoms with Crippen LogP contribution in [-0.4, -0.2) is 22.7 Å². The fourth-order valence-corrected chi connectivity index (χ4v) is 3.69. The molecule has 1 N–H and O–H groups in total. The summed E-state index contributed by atoms with van der Waals surface area (Å²) in [6, 6.07) is 3.76. The topological polar surface area (TPSA) is 36.8 Å². The van der Waals surface area contributed by atoms with Crippen molar-refractivity contribution in [2.24, 2.45) is 16.0 Å². The van der Waals surface area contributed by atoms with Crippen molar-refractivity contribution in [3.8, 4) is 0 Å². The van der Waals surface area contributed by atoms with Gasteiger partial charge in [-0.05, 0) is 37.0 Å². The lowest BCUT2D eigenvalue weighted by atomic mass is 9.86. The van der Waals surface area contributed by atoms with E-state index in [1.54, 1.807) is 0 Å². The van der Waals surface area contributed by atoms with Gasteiger partial charge < -0.3 is 0 Å². The van der Waals surface area contributed by atoms with Crippen molar-refractivity contribution < 1.29 is 8.78 Å². The van der Waals surface area contributed by atoms with E-state index in [1.807, 2.05) is 0 Å². The normalized spacial score (nSPS) is 27.4. The van der Waals surface area contributed by atoms with E-state index >= 15 is 0 Å². The van der Waals surface area contributed by atoms with Gasteiger partial charge in [0, 0.05) is 11.3 Å². The van der Waals surface area contributed by atoms with Gasteiger partial charge in [0.15, 0.2) is 5.17 Å². The SMILES string of the molecule is C[C@@H]1CCCC[C@H]1N=C1NN=C(c2cc(F)ccc2F)CS1. The highest BCUT2D eigenvalue weighted by molar-refractivity contribution is 8.14. The first-order valence-electron chi connectivity index (χ1n) is 7.62. The Morgan fingerprint density at radius 3 is 2.82 bits per heavy atom. The Labute approximate surface area is 133 Å². The molecule has 3 rings (SSSR count). The van der Waals surface area contributed by atoms with E-state index in [4.69, 9.17) is 4.99 Å². The van der Waals surface area contributed by atoms with Gasteiger partial charge in [-0.25, -0.2) is 8.78 Å². The number of amidine groups is 1. The Bertz CT molecular complexity index is 615. The summed E-state index contributed by atoms with van der Waals surface area (Å²) in [4.78, 5) is 4.74. The van der Waals surface area contributed by atoms with Crippen LogP contribution in [0.1, 0.15) is 38.2 Å². The third-order valence-electron chi connectivity index (χ3n) is 4.22. The second-order valence-electron chi connectivity index (χ2n) is 5.85. The van der Waals surface area contributed by atoms with Crippen molar-refractivity contribution in [2.45, 2.75) is 38.6 Å². The zero-order valence-electron chi connectivity index (χ0n) is 12.5. The first kappa shape index (κ1) is 15.5. The summed E-state index contributed by atoms with van der Waals surface area (Å²) >= 11 is 1.50. The van der Waals surface area contributed by atoms with E-state index in [9.17, 15) is 8.78 Å². The van der Waals surface area contributed by atoms with Gasteiger partial charge in [0.05, 0.1) is 11.8 Å². The molecule has 1 saturated carbocycles. The number of rotatable bonds is 2. The smallest absolute Gasteiger partial charge is 0.177 e. The molecule has 6 heteroatoms. The van der Waals surface area contributed by atoms with Crippen LogP contribution in [0.15, 0.2) is 28.3 Å². The van der Waals surface area contributed by atoms with Crippen LogP contribution in [0.25, 0.3) is 0 Å². The summed E-state index contributed by atoms with van der Waals surface area (Å²) in [5.74, 6) is 0.172. The molecule has 1 aromatic carbocycles. The molecular weight excluding hydrogens is 304 g/mol. The summed E-state index contributed by atoms with van der Waals surface area (Å²) in [6.07, 6.45) is 4.83. The lowest BCUT2D eigenvalue weighted by molar-refractivity contribution is 0.333. The van der Waals surface area contributed by atoms with Crippen LogP contribution >= 0.6 is 11.8 Å². The molecule has 2 atom stereocenters. The molecule has 2 aliphatic rings. The van der Waals surface area contributed by atoms with Crippen LogP contribution in [-0.2, 0) is 0 Å². The van der Waals surface area contributed by atoms with Gasteiger partial charge in [0.25, 0.3) is 0 Å². The van der Waals surface area contributed by atoms with Crippen molar-refractivity contribution in [2.75, 3.05) is 5.75 Å². The third-order valence-corrected chi connectivity index (χ3v) is 5.11. The number of hydrazone groups is 1. The Morgan fingerprint density at radius 1 is 1.27 bits per heavy atom. The van der Waals surface area contributed by atoms with E-state index < -0.39 is 11.6 Å². The molecule has 118 valence electrons. The largest absolute Gasteiger partial charge is 0.258 e. The second-order valence-corrected chi connectivity index (χ2v) is 6.81. The summed E-state index contributed by atoms with van der Waals surface area (Å²) in [7, 11) is 0. The van der Waals surface area contributed by atoms with E-state index in [0.717, 1.165) is 23.7 Å². The molecule has 1 aliphatic carbocycles. The number of aliphatic imine (C=N–C) groups is 1. The lowest BCUT2D eigenvalue weighted by Gasteiger charge is -2.26. The average molecular weight is 323 g/mol. The molecule has 0 unspecified atom stereocenters. The number of benzene rings is 1. The van der Waals surface area contributed by atoms with Crippen molar-refractivity contribution >= 4 is 22.6 Å². The first-order chi connectivity index (χ1) is 10.6. The van der Waals surface area contributed by atoms with Crippen molar-refractivity contribution in [1.29, 1.82) is 0 Å². The quantitative estimate of drug-likeness (QED) is 0.895. The summed E-state index contributed by atoms with van der Waals surface area (Å²) in [5, 5.41) is 4.96. The van der Waals surface area contributed by atoms with Crippen LogP contribution in [0.2, 0.25) is 0 Å². The molecule has 0 radical (unpaired) electrons. The molecular formula is C16H19F2N3S. The highest BCUT2D eigenvalue weighted by Gasteiger charge is 2.23. The molecule has 0 saturated heterocycles. The van der Waals surface area contributed by atoms with Gasteiger partial charge in [-0.2, -0.15) is 5.10 Å². The predicted molar refractivity (Wildman–Crippen MR) is 87.3 cm³/mol. The zero-order chi connectivity index (χ0) is 15.5. The average Bonchev–Trinajstić information content (AvgIpc) is 2.53. The van der Waals surface area contributed by atoms with Gasteiger partial charge in [-0.1, -0.05) is 31.5 Å². The predicted octanol–water partition coefficient (Wildman–Crippen LogP) is 3.94. The minimum atomic E-state index is -0.459. The Kier molecular flexibility index (Phi) is 4.76. The Hall–Kier alpha value is -1.43. The van der Waals surface area contributed by atoms with Gasteiger partial charge in [0.1, 0.15) is 11.6 Å². The molecule has 1 fully saturated rings. The van der Waals surface area contributed by atoms with Crippen LogP contribution in [0.4, 0.5) is 8.78 Å². The molecule has 1 aromatic rings. The van der Waals surface area contributed by atoms with Crippen molar-refractivity contribution in [1.82, 2.24) is 5.43 Å². The van der Waals surface area contributed by atoms with Gasteiger partial charge in [-0.15, -0.1) is 0 Å². The molecule has 0 spiro atoms. The Balaban J connectivity index is 1.73. The first-order valence-corrected chi connectivity index (χ1v) is 8.60. The maximum absolute atomic E-state index is 13.8. The van der Waals surface area contributed by atoms with E-state index in [0.29, 0.717) is 23.4 Å². The summed E-state index contributed by atoms with van der Waals surface area (Å²) in [5.41, 5.74) is 3.62. The summed E-state index contributed by atoms with van der Waals surface area (Å²) in [6.45, 7) is 2.23. The van der Waals surface area contributed by atoms with Crippen LogP contribution in [0, 0.1) is 17.6 Å². The minimum absolute atomic E-state index is 0.213. The maximum atomic E-state index is 13.8. The van der Waals surface area contributed by atoms with Crippen LogP contribution < -0.4 is 5.43 Å². The number of halogens is 2. The summed E-state index contributed by atoms with van der Waals surface area (Å²) < 4.78 is 27.0. The highest BCUT2D eigenvalue weighted by Crippen LogP contribution is 2.27. The number of nitrogens with one attached hydrogen (secondary N) is 1. The molecule has 0 aromatic heterocycles. The molecule has 0 bridgehead atoms. The number of thioether (sulfide) groups is 1. The van der Waals surface area contributed by atoms with Crippen molar-refractivity contribution in [3.05, 3.63) is 35.4 Å². The number of hydrogen-bond donors (Lipinski definition) is 1. The number of hydrogen-bond acceptors (Lipinski definition) is 3. The van der Waals surface area contributed by atoms with Crippen LogP contribution in [0.3, 0.4) is 0 Å². The fraction of sp³-hybridized carbons (Fsp3) is 0.500. The molecule has 3 nitrogen and oxygen atoms in total. The number of nitrogens with zero attached hydrogens (tertiary/aromatic N) is 2. The van der Waals surface area contributed by atoms with E-state index in [2.05, 4.69) is 17.5 Å². The second kappa shape index (κ2) is 6.77. The van der Waals surface area contributed by atoms with E-state index in [-0.39, 0.29) is 5.56 Å². The molecule has 1 heterocycles. The molecule has 1 aliphatic heterocycles. The van der Waals surface area contributed by atoms with Gasteiger partial charge in [-0.3, -0.25) is 10.4 Å². The monoisotopic (exact) mass is 323 g/mol. The van der Waals surface area contributed by atoms with Crippen molar-refractivity contribution in [3.63, 3.8) is 0 Å². The minimum Gasteiger partial charge on any atom is -0.258 e. The zero-order valence-corrected chi connectivity index (χ0v) is 13.3. The Morgan fingerprint density at radius 2 is 2.09 bits per heavy atom. The molecule has 0 amide bonds. The fourth-order valence-electron chi connectivity index (χ4n) is 2.88.